The maximum absolute atomic E-state index is 8.49. The maximum atomic E-state index is 8.49. The number of fused-ring (bicyclic) bond motifs is 1. The molecule has 0 N–H and O–H groups in total. The summed E-state index contributed by atoms with van der Waals surface area (Å²) in [4.78, 5) is 0. The van der Waals surface area contributed by atoms with Crippen molar-refractivity contribution in [2.75, 3.05) is 12.1 Å². The van der Waals surface area contributed by atoms with Gasteiger partial charge in [0.1, 0.15) is 11.9 Å². The fourth-order valence-electron chi connectivity index (χ4n) is 1.99. The Morgan fingerprint density at radius 3 is 2.23 bits per heavy atom. The molecule has 1 aromatic rings. The van der Waals surface area contributed by atoms with E-state index in [1.807, 2.05) is 37.4 Å². The highest BCUT2D eigenvalue weighted by molar-refractivity contribution is 5.76. The zero-order valence-corrected chi connectivity index (χ0v) is 12.5. The highest BCUT2D eigenvalue weighted by atomic mass is 35.7. The fourth-order valence-corrected chi connectivity index (χ4v) is 1.99. The van der Waals surface area contributed by atoms with Crippen LogP contribution in [0.3, 0.4) is 0 Å². The molecule has 0 atom stereocenters. The van der Waals surface area contributed by atoms with Crippen LogP contribution < -0.4 is 23.6 Å². The Labute approximate surface area is 130 Å². The molecule has 0 bridgehead atoms. The number of halogens is 1. The molecule has 0 radical (unpaired) electrons. The molecule has 0 unspecified atom stereocenters. The molecule has 2 heterocycles. The minimum atomic E-state index is -4.94. The molecule has 0 saturated heterocycles. The summed E-state index contributed by atoms with van der Waals surface area (Å²) < 4.78 is 36.0. The van der Waals surface area contributed by atoms with E-state index in [0.29, 0.717) is 0 Å². The largest absolute Gasteiger partial charge is 0.268 e. The van der Waals surface area contributed by atoms with Gasteiger partial charge in [-0.3, -0.25) is 0 Å². The molecule has 0 amide bonds. The van der Waals surface area contributed by atoms with Gasteiger partial charge >= 0.3 is 0 Å². The number of nitrogens with zero attached hydrogens (tertiary/aromatic N) is 3. The van der Waals surface area contributed by atoms with E-state index in [1.54, 1.807) is 0 Å². The van der Waals surface area contributed by atoms with Crippen molar-refractivity contribution in [2.24, 2.45) is 0 Å². The molecular weight excluding hydrogens is 310 g/mol. The Kier molecular flexibility index (Phi) is 4.96. The van der Waals surface area contributed by atoms with Crippen LogP contribution in [0.4, 0.5) is 5.69 Å². The molecule has 3 rings (SSSR count). The van der Waals surface area contributed by atoms with Gasteiger partial charge in [-0.15, -0.1) is 15.3 Å². The summed E-state index contributed by atoms with van der Waals surface area (Å²) in [5.74, 6) is 0. The molecule has 8 heteroatoms. The van der Waals surface area contributed by atoms with Gasteiger partial charge in [-0.2, -0.15) is 5.01 Å². The van der Waals surface area contributed by atoms with Crippen LogP contribution in [0.1, 0.15) is 0 Å². The van der Waals surface area contributed by atoms with Gasteiger partial charge < -0.3 is 0 Å². The van der Waals surface area contributed by atoms with Crippen LogP contribution >= 0.6 is 0 Å². The standard InChI is InChI=1S/C14H14N3.ClHO4/c1-15-11-14-9-5-6-10-16(14)17(12-15)13-7-3-2-4-8-13;2-1(3,4)5/h2-12H,1H3;(H,2,3,4,5)/q+1;/p-1. The van der Waals surface area contributed by atoms with Gasteiger partial charge in [0.15, 0.2) is 5.69 Å². The van der Waals surface area contributed by atoms with E-state index >= 15 is 0 Å². The van der Waals surface area contributed by atoms with Crippen LogP contribution in [0.15, 0.2) is 66.7 Å². The monoisotopic (exact) mass is 323 g/mol. The van der Waals surface area contributed by atoms with Crippen molar-refractivity contribution in [1.82, 2.24) is 5.01 Å². The third-order valence-electron chi connectivity index (χ3n) is 2.75. The third-order valence-corrected chi connectivity index (χ3v) is 2.75. The van der Waals surface area contributed by atoms with Crippen molar-refractivity contribution in [1.29, 1.82) is 0 Å². The molecular formula is C14H14ClN3O4. The van der Waals surface area contributed by atoms with E-state index in [-0.39, 0.29) is 0 Å². The Balaban J connectivity index is 0.000000309. The van der Waals surface area contributed by atoms with E-state index in [0.717, 1.165) is 11.4 Å². The zero-order valence-electron chi connectivity index (χ0n) is 11.7. The fraction of sp³-hybridized carbons (Fsp3) is 0.0714. The molecule has 7 nitrogen and oxygen atoms in total. The summed E-state index contributed by atoms with van der Waals surface area (Å²) in [7, 11) is -2.91. The SMILES string of the molecule is C[N+]1=CN(c2ccccc2)N2C=CC=CC2=C1.[O-][Cl+3]([O-])([O-])[O-]. The van der Waals surface area contributed by atoms with Crippen LogP contribution in [0, 0.1) is 10.2 Å². The number of para-hydroxylation sites is 1. The van der Waals surface area contributed by atoms with Gasteiger partial charge in [-0.25, -0.2) is 23.2 Å². The average Bonchev–Trinajstić information content (AvgIpc) is 2.45. The topological polar surface area (TPSA) is 102 Å². The van der Waals surface area contributed by atoms with Crippen molar-refractivity contribution >= 4 is 12.0 Å². The van der Waals surface area contributed by atoms with Crippen molar-refractivity contribution in [2.45, 2.75) is 0 Å². The molecule has 0 aliphatic carbocycles. The summed E-state index contributed by atoms with van der Waals surface area (Å²) >= 11 is 0. The lowest BCUT2D eigenvalue weighted by molar-refractivity contribution is -2.00. The molecule has 0 saturated carbocycles. The molecule has 2 aliphatic heterocycles. The average molecular weight is 324 g/mol. The van der Waals surface area contributed by atoms with Crippen LogP contribution in [0.5, 0.6) is 0 Å². The van der Waals surface area contributed by atoms with Gasteiger partial charge in [0.2, 0.25) is 0 Å². The number of allylic oxidation sites excluding steroid dienone is 3. The lowest BCUT2D eigenvalue weighted by Crippen LogP contribution is -2.68. The number of hydrogen-bond donors (Lipinski definition) is 0. The smallest absolute Gasteiger partial charge is 0.239 e. The number of hydrazine groups is 1. The molecule has 22 heavy (non-hydrogen) atoms. The second-order valence-electron chi connectivity index (χ2n) is 4.44. The van der Waals surface area contributed by atoms with E-state index in [4.69, 9.17) is 18.6 Å². The van der Waals surface area contributed by atoms with E-state index in [1.165, 1.54) is 0 Å². The summed E-state index contributed by atoms with van der Waals surface area (Å²) in [6, 6.07) is 10.3. The van der Waals surface area contributed by atoms with Crippen molar-refractivity contribution in [3.05, 3.63) is 66.7 Å². The first-order valence-corrected chi connectivity index (χ1v) is 7.47. The van der Waals surface area contributed by atoms with Gasteiger partial charge in [-0.1, -0.05) is 24.3 Å². The summed E-state index contributed by atoms with van der Waals surface area (Å²) in [6.07, 6.45) is 12.4. The molecule has 116 valence electrons. The molecule has 0 spiro atoms. The molecule has 0 fully saturated rings. The zero-order chi connectivity index (χ0) is 16.2. The Morgan fingerprint density at radius 1 is 0.955 bits per heavy atom. The van der Waals surface area contributed by atoms with Crippen molar-refractivity contribution in [3.8, 4) is 0 Å². The Morgan fingerprint density at radius 2 is 1.59 bits per heavy atom. The quantitative estimate of drug-likeness (QED) is 0.532. The van der Waals surface area contributed by atoms with Gasteiger partial charge in [0.05, 0.1) is 7.05 Å². The highest BCUT2D eigenvalue weighted by Crippen LogP contribution is 2.23. The number of hydrogen-bond acceptors (Lipinski definition) is 6. The third kappa shape index (κ3) is 4.69. The molecule has 2 aliphatic rings. The lowest BCUT2D eigenvalue weighted by Gasteiger charge is -2.29. The predicted octanol–water partition coefficient (Wildman–Crippen LogP) is -2.44. The Hall–Kier alpha value is -2.16. The summed E-state index contributed by atoms with van der Waals surface area (Å²) in [6.45, 7) is 0. The van der Waals surface area contributed by atoms with Gasteiger partial charge in [0, 0.05) is 6.20 Å². The number of rotatable bonds is 1. The minimum absolute atomic E-state index is 1.14. The first-order valence-electron chi connectivity index (χ1n) is 6.23. The van der Waals surface area contributed by atoms with Gasteiger partial charge in [-0.05, 0) is 24.3 Å². The van der Waals surface area contributed by atoms with Crippen LogP contribution in [0.25, 0.3) is 0 Å². The summed E-state index contributed by atoms with van der Waals surface area (Å²) in [5.41, 5.74) is 2.30. The number of benzene rings is 1. The van der Waals surface area contributed by atoms with Gasteiger partial charge in [0.25, 0.3) is 6.34 Å². The second kappa shape index (κ2) is 6.73. The predicted molar refractivity (Wildman–Crippen MR) is 69.4 cm³/mol. The van der Waals surface area contributed by atoms with E-state index in [9.17, 15) is 0 Å². The first kappa shape index (κ1) is 16.2. The van der Waals surface area contributed by atoms with Crippen LogP contribution in [0.2, 0.25) is 0 Å². The molecule has 1 aromatic carbocycles. The minimum Gasteiger partial charge on any atom is -0.239 e. The second-order valence-corrected chi connectivity index (χ2v) is 5.19. The molecule has 0 aromatic heterocycles. The van der Waals surface area contributed by atoms with E-state index in [2.05, 4.69) is 51.5 Å². The van der Waals surface area contributed by atoms with Crippen molar-refractivity contribution in [3.63, 3.8) is 0 Å². The van der Waals surface area contributed by atoms with Crippen LogP contribution in [-0.2, 0) is 0 Å². The first-order chi connectivity index (χ1) is 10.3. The normalized spacial score (nSPS) is 16.4. The van der Waals surface area contributed by atoms with E-state index < -0.39 is 10.2 Å². The summed E-state index contributed by atoms with van der Waals surface area (Å²) in [5, 5.41) is 4.24. The maximum Gasteiger partial charge on any atom is 0.268 e. The van der Waals surface area contributed by atoms with Crippen molar-refractivity contribution < 1.29 is 33.5 Å². The Bertz CT molecular complexity index is 629. The van der Waals surface area contributed by atoms with Crippen LogP contribution in [-0.4, -0.2) is 23.0 Å². The lowest BCUT2D eigenvalue weighted by atomic mass is 10.3. The highest BCUT2D eigenvalue weighted by Gasteiger charge is 2.26. The number of anilines is 1.